The van der Waals surface area contributed by atoms with Crippen molar-refractivity contribution >= 4 is 24.2 Å². The van der Waals surface area contributed by atoms with E-state index in [1.807, 2.05) is 0 Å². The molecule has 0 bridgehead atoms. The average Bonchev–Trinajstić information content (AvgIpc) is 2.24. The fourth-order valence-corrected chi connectivity index (χ4v) is 2.63. The molecule has 1 heterocycles. The zero-order valence-corrected chi connectivity index (χ0v) is 14.8. The molecule has 0 unspecified atom stereocenters. The van der Waals surface area contributed by atoms with Crippen LogP contribution in [0.1, 0.15) is 32.0 Å². The van der Waals surface area contributed by atoms with Gasteiger partial charge in [-0.1, -0.05) is 20.8 Å². The Balaban J connectivity index is 2.91. The van der Waals surface area contributed by atoms with Crippen LogP contribution < -0.4 is 0 Å². The number of hydrogen-bond acceptors (Lipinski definition) is 2. The number of rotatable bonds is 3. The summed E-state index contributed by atoms with van der Waals surface area (Å²) in [5.74, 6) is 0. The summed E-state index contributed by atoms with van der Waals surface area (Å²) in [6, 6.07) is 1.04. The lowest BCUT2D eigenvalue weighted by Crippen LogP contribution is -2.40. The summed E-state index contributed by atoms with van der Waals surface area (Å²) in [6.07, 6.45) is -3.22. The molecule has 1 aromatic rings. The molecule has 0 saturated carbocycles. The number of nitrogens with zero attached hydrogens (tertiary/aromatic N) is 1. The van der Waals surface area contributed by atoms with Crippen LogP contribution in [-0.4, -0.2) is 13.3 Å². The molecular formula is C13H19BrF3NOSi. The number of halogens is 4. The zero-order valence-electron chi connectivity index (χ0n) is 12.2. The SMILES string of the molecule is CC(C)(C)[Si](C)(C)OCc1cc(C(F)(F)F)c(Br)cn1. The van der Waals surface area contributed by atoms with Crippen LogP contribution in [0.2, 0.25) is 18.1 Å². The van der Waals surface area contributed by atoms with Gasteiger partial charge in [-0.3, -0.25) is 4.98 Å². The first-order chi connectivity index (χ1) is 8.84. The molecule has 20 heavy (non-hydrogen) atoms. The minimum absolute atomic E-state index is 0.00915. The van der Waals surface area contributed by atoms with Crippen molar-refractivity contribution in [3.05, 3.63) is 28.0 Å². The molecule has 0 fully saturated rings. The Labute approximate surface area is 127 Å². The van der Waals surface area contributed by atoms with Crippen molar-refractivity contribution in [3.8, 4) is 0 Å². The van der Waals surface area contributed by atoms with Gasteiger partial charge < -0.3 is 4.43 Å². The highest BCUT2D eigenvalue weighted by atomic mass is 79.9. The van der Waals surface area contributed by atoms with E-state index in [9.17, 15) is 13.2 Å². The van der Waals surface area contributed by atoms with Gasteiger partial charge in [0.2, 0.25) is 0 Å². The molecule has 0 aromatic carbocycles. The molecule has 1 aromatic heterocycles. The lowest BCUT2D eigenvalue weighted by atomic mass is 10.2. The largest absolute Gasteiger partial charge is 0.417 e. The van der Waals surface area contributed by atoms with Gasteiger partial charge in [0, 0.05) is 10.7 Å². The van der Waals surface area contributed by atoms with Crippen LogP contribution in [0.25, 0.3) is 0 Å². The van der Waals surface area contributed by atoms with E-state index in [2.05, 4.69) is 54.8 Å². The predicted molar refractivity (Wildman–Crippen MR) is 78.9 cm³/mol. The summed E-state index contributed by atoms with van der Waals surface area (Å²) < 4.78 is 44.2. The average molecular weight is 370 g/mol. The highest BCUT2D eigenvalue weighted by Crippen LogP contribution is 2.38. The van der Waals surface area contributed by atoms with Crippen LogP contribution >= 0.6 is 15.9 Å². The Morgan fingerprint density at radius 3 is 2.25 bits per heavy atom. The molecule has 2 nitrogen and oxygen atoms in total. The minimum Gasteiger partial charge on any atom is -0.411 e. The van der Waals surface area contributed by atoms with Gasteiger partial charge in [0.25, 0.3) is 0 Å². The Hall–Kier alpha value is -0.403. The summed E-state index contributed by atoms with van der Waals surface area (Å²) in [5, 5.41) is 0.00915. The highest BCUT2D eigenvalue weighted by molar-refractivity contribution is 9.10. The van der Waals surface area contributed by atoms with Gasteiger partial charge in [-0.25, -0.2) is 0 Å². The third-order valence-electron chi connectivity index (χ3n) is 3.60. The first kappa shape index (κ1) is 17.6. The van der Waals surface area contributed by atoms with E-state index in [4.69, 9.17) is 4.43 Å². The molecule has 0 aliphatic carbocycles. The van der Waals surface area contributed by atoms with E-state index in [0.717, 1.165) is 6.07 Å². The van der Waals surface area contributed by atoms with Crippen LogP contribution in [0.4, 0.5) is 13.2 Å². The molecule has 0 aliphatic heterocycles. The molecule has 0 atom stereocenters. The first-order valence-electron chi connectivity index (χ1n) is 6.20. The van der Waals surface area contributed by atoms with Crippen LogP contribution in [0.5, 0.6) is 0 Å². The molecule has 0 N–H and O–H groups in total. The Morgan fingerprint density at radius 1 is 1.25 bits per heavy atom. The second kappa shape index (κ2) is 5.77. The summed E-state index contributed by atoms with van der Waals surface area (Å²) in [7, 11) is -2.00. The molecule has 0 radical (unpaired) electrons. The molecule has 7 heteroatoms. The minimum atomic E-state index is -4.40. The quantitative estimate of drug-likeness (QED) is 0.666. The summed E-state index contributed by atoms with van der Waals surface area (Å²) >= 11 is 2.87. The molecule has 1 rings (SSSR count). The van der Waals surface area contributed by atoms with Crippen LogP contribution in [0, 0.1) is 0 Å². The summed E-state index contributed by atoms with van der Waals surface area (Å²) in [5.41, 5.74) is -0.424. The van der Waals surface area contributed by atoms with Gasteiger partial charge in [-0.05, 0) is 40.1 Å². The Morgan fingerprint density at radius 2 is 1.80 bits per heavy atom. The third kappa shape index (κ3) is 4.29. The number of pyridine rings is 1. The van der Waals surface area contributed by atoms with Crippen molar-refractivity contribution in [1.82, 2.24) is 4.98 Å². The molecule has 114 valence electrons. The molecular weight excluding hydrogens is 351 g/mol. The van der Waals surface area contributed by atoms with Crippen molar-refractivity contribution in [1.29, 1.82) is 0 Å². The zero-order chi connectivity index (χ0) is 15.8. The van der Waals surface area contributed by atoms with Gasteiger partial charge in [0.05, 0.1) is 17.9 Å². The van der Waals surface area contributed by atoms with E-state index < -0.39 is 20.1 Å². The fourth-order valence-electron chi connectivity index (χ4n) is 1.25. The van der Waals surface area contributed by atoms with Crippen molar-refractivity contribution in [3.63, 3.8) is 0 Å². The lowest BCUT2D eigenvalue weighted by Gasteiger charge is -2.36. The van der Waals surface area contributed by atoms with Crippen molar-refractivity contribution < 1.29 is 17.6 Å². The van der Waals surface area contributed by atoms with E-state index in [1.165, 1.54) is 6.20 Å². The fraction of sp³-hybridized carbons (Fsp3) is 0.615. The predicted octanol–water partition coefficient (Wildman–Crippen LogP) is 5.38. The molecule has 0 aliphatic rings. The van der Waals surface area contributed by atoms with Crippen molar-refractivity contribution in [2.24, 2.45) is 0 Å². The van der Waals surface area contributed by atoms with E-state index >= 15 is 0 Å². The third-order valence-corrected chi connectivity index (χ3v) is 8.71. The normalized spacial score (nSPS) is 13.7. The van der Waals surface area contributed by atoms with E-state index in [1.54, 1.807) is 0 Å². The molecule has 0 spiro atoms. The number of alkyl halides is 3. The molecule has 0 saturated heterocycles. The highest BCUT2D eigenvalue weighted by Gasteiger charge is 2.37. The topological polar surface area (TPSA) is 22.1 Å². The van der Waals surface area contributed by atoms with Gasteiger partial charge in [0.1, 0.15) is 0 Å². The van der Waals surface area contributed by atoms with Crippen LogP contribution in [0.15, 0.2) is 16.7 Å². The van der Waals surface area contributed by atoms with Crippen molar-refractivity contribution in [2.75, 3.05) is 0 Å². The second-order valence-corrected chi connectivity index (χ2v) is 11.9. The van der Waals surface area contributed by atoms with E-state index in [-0.39, 0.29) is 16.1 Å². The standard InChI is InChI=1S/C13H19BrF3NOSi/c1-12(2,3)20(4,5)19-8-9-6-10(13(15,16)17)11(14)7-18-9/h6-7H,8H2,1-5H3. The van der Waals surface area contributed by atoms with Crippen LogP contribution in [0.3, 0.4) is 0 Å². The summed E-state index contributed by atoms with van der Waals surface area (Å²) in [6.45, 7) is 10.4. The van der Waals surface area contributed by atoms with Gasteiger partial charge in [-0.15, -0.1) is 0 Å². The lowest BCUT2D eigenvalue weighted by molar-refractivity contribution is -0.138. The van der Waals surface area contributed by atoms with Gasteiger partial charge in [0.15, 0.2) is 8.32 Å². The maximum atomic E-state index is 12.8. The van der Waals surface area contributed by atoms with E-state index in [0.29, 0.717) is 5.69 Å². The maximum absolute atomic E-state index is 12.8. The number of hydrogen-bond donors (Lipinski definition) is 0. The van der Waals surface area contributed by atoms with Crippen molar-refractivity contribution in [2.45, 2.75) is 51.7 Å². The van der Waals surface area contributed by atoms with Crippen LogP contribution in [-0.2, 0) is 17.2 Å². The summed E-state index contributed by atoms with van der Waals surface area (Å²) in [4.78, 5) is 3.99. The smallest absolute Gasteiger partial charge is 0.411 e. The first-order valence-corrected chi connectivity index (χ1v) is 9.90. The molecule has 0 amide bonds. The maximum Gasteiger partial charge on any atom is 0.417 e. The number of aromatic nitrogens is 1. The monoisotopic (exact) mass is 369 g/mol. The Kier molecular flexibility index (Phi) is 5.09. The van der Waals surface area contributed by atoms with Gasteiger partial charge in [-0.2, -0.15) is 13.2 Å². The second-order valence-electron chi connectivity index (χ2n) is 6.20. The van der Waals surface area contributed by atoms with Gasteiger partial charge >= 0.3 is 6.18 Å². The Bertz CT molecular complexity index is 483.